The lowest BCUT2D eigenvalue weighted by Crippen LogP contribution is -2.34. The third kappa shape index (κ3) is 5.24. The molecule has 4 aromatic rings. The van der Waals surface area contributed by atoms with Crippen LogP contribution in [-0.2, 0) is 4.79 Å². The summed E-state index contributed by atoms with van der Waals surface area (Å²) >= 11 is 3.41. The number of thiophene rings is 2. The average Bonchev–Trinajstić information content (AvgIpc) is 3.70. The van der Waals surface area contributed by atoms with E-state index >= 15 is 0 Å². The third-order valence-electron chi connectivity index (χ3n) is 6.62. The van der Waals surface area contributed by atoms with E-state index in [0.29, 0.717) is 11.5 Å². The highest BCUT2D eigenvalue weighted by molar-refractivity contribution is 7.11. The Labute approximate surface area is 224 Å². The molecule has 1 fully saturated rings. The van der Waals surface area contributed by atoms with Crippen molar-refractivity contribution in [3.8, 4) is 17.2 Å². The summed E-state index contributed by atoms with van der Waals surface area (Å²) < 4.78 is 11.7. The number of hydrogen-bond donors (Lipinski definition) is 0. The van der Waals surface area contributed by atoms with Crippen LogP contribution in [0.2, 0.25) is 0 Å². The Morgan fingerprint density at radius 3 is 2.43 bits per heavy atom. The summed E-state index contributed by atoms with van der Waals surface area (Å²) in [6.07, 6.45) is 5.35. The summed E-state index contributed by atoms with van der Waals surface area (Å²) in [6, 6.07) is 25.2. The van der Waals surface area contributed by atoms with Crippen molar-refractivity contribution in [2.45, 2.75) is 25.3 Å². The van der Waals surface area contributed by atoms with E-state index in [2.05, 4.69) is 35.0 Å². The molecule has 186 valence electrons. The number of amides is 1. The molecule has 2 aromatic heterocycles. The Morgan fingerprint density at radius 2 is 1.68 bits per heavy atom. The van der Waals surface area contributed by atoms with Crippen LogP contribution in [0.3, 0.4) is 0 Å². The smallest absolute Gasteiger partial charge is 0.281 e. The van der Waals surface area contributed by atoms with E-state index in [1.165, 1.54) is 10.5 Å². The van der Waals surface area contributed by atoms with E-state index in [1.807, 2.05) is 60.7 Å². The number of carbonyl (C=O) groups excluding carboxylic acids is 1. The quantitative estimate of drug-likeness (QED) is 0.247. The zero-order valence-electron chi connectivity index (χ0n) is 20.2. The highest BCUT2D eigenvalue weighted by Crippen LogP contribution is 2.45. The first-order valence-electron chi connectivity index (χ1n) is 12.4. The maximum atomic E-state index is 13.5. The van der Waals surface area contributed by atoms with Crippen LogP contribution < -0.4 is 9.47 Å². The first kappa shape index (κ1) is 23.7. The van der Waals surface area contributed by atoms with Gasteiger partial charge >= 0.3 is 0 Å². The maximum absolute atomic E-state index is 13.5. The van der Waals surface area contributed by atoms with Crippen molar-refractivity contribution in [1.82, 2.24) is 5.01 Å². The van der Waals surface area contributed by atoms with Gasteiger partial charge in [0.2, 0.25) is 0 Å². The fourth-order valence-electron chi connectivity index (χ4n) is 4.93. The lowest BCUT2D eigenvalue weighted by Gasteiger charge is -2.28. The van der Waals surface area contributed by atoms with Crippen molar-refractivity contribution in [2.75, 3.05) is 6.61 Å². The minimum absolute atomic E-state index is 0.0752. The number of rotatable bonds is 7. The van der Waals surface area contributed by atoms with Crippen molar-refractivity contribution < 1.29 is 14.3 Å². The number of fused-ring (bicyclic) bond motifs is 1. The monoisotopic (exact) mass is 526 g/mol. The largest absolute Gasteiger partial charge is 0.484 e. The number of para-hydroxylation sites is 1. The van der Waals surface area contributed by atoms with E-state index in [-0.39, 0.29) is 24.5 Å². The number of ether oxygens (including phenoxy) is 2. The molecule has 1 saturated carbocycles. The van der Waals surface area contributed by atoms with Crippen LogP contribution >= 0.6 is 22.7 Å². The fourth-order valence-corrected chi connectivity index (χ4v) is 6.49. The standard InChI is InChI=1S/C30H26N2O3S2/c33-28(20-34-22-13-15-24(16-14-22)35-23-8-2-1-3-9-23)32-30(27-12-6-18-37-27)26-11-4-7-21(29(26)31-32)19-25-10-5-17-36-25/h1-3,5-6,8-10,12-19,26,30H,4,7,11,20H2/b21-19-/t26-,30+/m0/s1. The van der Waals surface area contributed by atoms with Gasteiger partial charge in [-0.1, -0.05) is 30.3 Å². The van der Waals surface area contributed by atoms with Crippen LogP contribution in [-0.4, -0.2) is 23.2 Å². The Bertz CT molecular complexity index is 1400. The zero-order chi connectivity index (χ0) is 25.0. The minimum Gasteiger partial charge on any atom is -0.484 e. The van der Waals surface area contributed by atoms with Gasteiger partial charge in [-0.25, -0.2) is 5.01 Å². The van der Waals surface area contributed by atoms with E-state index in [4.69, 9.17) is 14.6 Å². The van der Waals surface area contributed by atoms with Gasteiger partial charge in [0.25, 0.3) is 5.91 Å². The lowest BCUT2D eigenvalue weighted by molar-refractivity contribution is -0.135. The van der Waals surface area contributed by atoms with Crippen molar-refractivity contribution in [2.24, 2.45) is 11.0 Å². The number of hydrogen-bond acceptors (Lipinski definition) is 6. The Kier molecular flexibility index (Phi) is 6.88. The van der Waals surface area contributed by atoms with Crippen molar-refractivity contribution >= 4 is 40.4 Å². The first-order chi connectivity index (χ1) is 18.2. The van der Waals surface area contributed by atoms with Gasteiger partial charge in [0.15, 0.2) is 6.61 Å². The van der Waals surface area contributed by atoms with E-state index in [9.17, 15) is 4.79 Å². The van der Waals surface area contributed by atoms with Crippen LogP contribution in [0.4, 0.5) is 0 Å². The molecule has 37 heavy (non-hydrogen) atoms. The van der Waals surface area contributed by atoms with Gasteiger partial charge < -0.3 is 9.47 Å². The zero-order valence-corrected chi connectivity index (χ0v) is 21.8. The molecule has 0 bridgehead atoms. The third-order valence-corrected chi connectivity index (χ3v) is 8.38. The fraction of sp³-hybridized carbons (Fsp3) is 0.200. The molecular formula is C30H26N2O3S2. The molecule has 0 spiro atoms. The van der Waals surface area contributed by atoms with Gasteiger partial charge in [0.05, 0.1) is 11.8 Å². The van der Waals surface area contributed by atoms with Gasteiger partial charge in [-0.05, 0) is 90.2 Å². The first-order valence-corrected chi connectivity index (χ1v) is 14.1. The number of carbonyl (C=O) groups is 1. The topological polar surface area (TPSA) is 51.1 Å². The molecule has 5 nitrogen and oxygen atoms in total. The van der Waals surface area contributed by atoms with Gasteiger partial charge in [-0.3, -0.25) is 4.79 Å². The van der Waals surface area contributed by atoms with Crippen molar-refractivity contribution in [1.29, 1.82) is 0 Å². The van der Waals surface area contributed by atoms with Crippen LogP contribution in [0.25, 0.3) is 6.08 Å². The second-order valence-corrected chi connectivity index (χ2v) is 11.0. The summed E-state index contributed by atoms with van der Waals surface area (Å²) in [5, 5.41) is 10.8. The van der Waals surface area contributed by atoms with Crippen LogP contribution in [0.1, 0.15) is 35.1 Å². The summed E-state index contributed by atoms with van der Waals surface area (Å²) in [4.78, 5) is 15.8. The number of hydrazone groups is 1. The van der Waals surface area contributed by atoms with Crippen LogP contribution in [0.15, 0.2) is 100 Å². The molecular weight excluding hydrogens is 500 g/mol. The van der Waals surface area contributed by atoms with Gasteiger partial charge in [0, 0.05) is 15.7 Å². The average molecular weight is 527 g/mol. The van der Waals surface area contributed by atoms with Gasteiger partial charge in [0.1, 0.15) is 17.2 Å². The highest BCUT2D eigenvalue weighted by Gasteiger charge is 2.44. The second kappa shape index (κ2) is 10.7. The van der Waals surface area contributed by atoms with Gasteiger partial charge in [-0.2, -0.15) is 5.10 Å². The summed E-state index contributed by atoms with van der Waals surface area (Å²) in [7, 11) is 0. The van der Waals surface area contributed by atoms with Crippen molar-refractivity contribution in [3.05, 3.63) is 105 Å². The Balaban J connectivity index is 1.18. The Morgan fingerprint density at radius 1 is 0.919 bits per heavy atom. The summed E-state index contributed by atoms with van der Waals surface area (Å²) in [5.74, 6) is 2.16. The molecule has 1 amide bonds. The molecule has 0 saturated heterocycles. The molecule has 7 heteroatoms. The number of benzene rings is 2. The molecule has 0 unspecified atom stereocenters. The van der Waals surface area contributed by atoms with Crippen LogP contribution in [0.5, 0.6) is 17.2 Å². The molecule has 2 atom stereocenters. The molecule has 0 radical (unpaired) electrons. The normalized spacial score (nSPS) is 19.9. The minimum atomic E-state index is -0.139. The molecule has 2 aromatic carbocycles. The molecule has 1 aliphatic heterocycles. The molecule has 0 N–H and O–H groups in total. The maximum Gasteiger partial charge on any atom is 0.281 e. The van der Waals surface area contributed by atoms with E-state index < -0.39 is 0 Å². The number of nitrogens with zero attached hydrogens (tertiary/aromatic N) is 2. The second-order valence-electron chi connectivity index (χ2n) is 9.04. The number of allylic oxidation sites excluding steroid dienone is 1. The highest BCUT2D eigenvalue weighted by atomic mass is 32.1. The van der Waals surface area contributed by atoms with Gasteiger partial charge in [-0.15, -0.1) is 22.7 Å². The van der Waals surface area contributed by atoms with Crippen molar-refractivity contribution in [3.63, 3.8) is 0 Å². The Hall–Kier alpha value is -3.68. The SMILES string of the molecule is O=C(COc1ccc(Oc2ccccc2)cc1)N1N=C2/C(=C\c3cccs3)CCC[C@@H]2[C@@H]1c1cccs1. The van der Waals surface area contributed by atoms with E-state index in [1.54, 1.807) is 27.7 Å². The van der Waals surface area contributed by atoms with Crippen LogP contribution in [0, 0.1) is 5.92 Å². The molecule has 2 aliphatic rings. The molecule has 3 heterocycles. The summed E-state index contributed by atoms with van der Waals surface area (Å²) in [5.41, 5.74) is 2.29. The molecule has 1 aliphatic carbocycles. The molecule has 6 rings (SSSR count). The lowest BCUT2D eigenvalue weighted by atomic mass is 9.79. The summed E-state index contributed by atoms with van der Waals surface area (Å²) in [6.45, 7) is -0.0752. The van der Waals surface area contributed by atoms with E-state index in [0.717, 1.165) is 35.6 Å². The predicted octanol–water partition coefficient (Wildman–Crippen LogP) is 7.80. The predicted molar refractivity (Wildman–Crippen MR) is 149 cm³/mol.